The van der Waals surface area contributed by atoms with E-state index in [2.05, 4.69) is 10.1 Å². The molecule has 20 heavy (non-hydrogen) atoms. The average molecular weight is 294 g/mol. The number of nitrogens with one attached hydrogen (secondary N) is 1. The van der Waals surface area contributed by atoms with E-state index in [0.29, 0.717) is 10.8 Å². The summed E-state index contributed by atoms with van der Waals surface area (Å²) in [7, 11) is 3.15. The molecule has 0 aliphatic carbocycles. The van der Waals surface area contributed by atoms with E-state index in [4.69, 9.17) is 16.0 Å². The van der Waals surface area contributed by atoms with E-state index < -0.39 is 5.97 Å². The second-order valence-electron chi connectivity index (χ2n) is 4.42. The third kappa shape index (κ3) is 2.86. The second kappa shape index (κ2) is 6.11. The van der Waals surface area contributed by atoms with E-state index in [-0.39, 0.29) is 11.8 Å². The first kappa shape index (κ1) is 14.6. The Balaban J connectivity index is 2.39. The van der Waals surface area contributed by atoms with Crippen LogP contribution >= 0.6 is 11.6 Å². The normalized spacial score (nSPS) is 12.2. The Morgan fingerprint density at radius 1 is 1.35 bits per heavy atom. The first-order chi connectivity index (χ1) is 9.56. The molecule has 1 atom stereocenters. The fraction of sp³-hybridized carbons (Fsp3) is 0.267. The van der Waals surface area contributed by atoms with E-state index in [9.17, 15) is 4.79 Å². The zero-order valence-electron chi connectivity index (χ0n) is 11.6. The molecule has 4 nitrogen and oxygen atoms in total. The van der Waals surface area contributed by atoms with Crippen molar-refractivity contribution < 1.29 is 13.9 Å². The van der Waals surface area contributed by atoms with Crippen molar-refractivity contribution in [3.63, 3.8) is 0 Å². The van der Waals surface area contributed by atoms with Crippen LogP contribution in [0.1, 0.15) is 33.5 Å². The van der Waals surface area contributed by atoms with Gasteiger partial charge in [0, 0.05) is 5.02 Å². The lowest BCUT2D eigenvalue weighted by atomic mass is 9.99. The maximum Gasteiger partial charge on any atom is 0.373 e. The number of halogens is 1. The van der Waals surface area contributed by atoms with E-state index in [1.807, 2.05) is 32.2 Å². The first-order valence-electron chi connectivity index (χ1n) is 6.18. The zero-order chi connectivity index (χ0) is 14.7. The van der Waals surface area contributed by atoms with Crippen LogP contribution in [0.15, 0.2) is 34.7 Å². The van der Waals surface area contributed by atoms with Crippen molar-refractivity contribution in [2.45, 2.75) is 13.0 Å². The molecule has 0 fully saturated rings. The summed E-state index contributed by atoms with van der Waals surface area (Å²) in [5, 5.41) is 3.83. The van der Waals surface area contributed by atoms with Gasteiger partial charge in [-0.2, -0.15) is 0 Å². The molecule has 0 aliphatic rings. The second-order valence-corrected chi connectivity index (χ2v) is 4.85. The van der Waals surface area contributed by atoms with Crippen LogP contribution in [0.3, 0.4) is 0 Å². The standard InChI is InChI=1S/C15H16ClNO3/c1-9-4-5-10(16)8-11(9)14(17-2)12-6-7-13(20-12)15(18)19-3/h4-8,14,17H,1-3H3. The largest absolute Gasteiger partial charge is 0.463 e. The third-order valence-electron chi connectivity index (χ3n) is 3.14. The molecule has 0 radical (unpaired) electrons. The maximum absolute atomic E-state index is 11.4. The third-order valence-corrected chi connectivity index (χ3v) is 3.37. The summed E-state index contributed by atoms with van der Waals surface area (Å²) in [5.41, 5.74) is 2.09. The quantitative estimate of drug-likeness (QED) is 0.879. The van der Waals surface area contributed by atoms with Crippen molar-refractivity contribution in [1.29, 1.82) is 0 Å². The van der Waals surface area contributed by atoms with Gasteiger partial charge in [0.15, 0.2) is 0 Å². The van der Waals surface area contributed by atoms with Crippen LogP contribution in [0.4, 0.5) is 0 Å². The Hall–Kier alpha value is -1.78. The lowest BCUT2D eigenvalue weighted by Crippen LogP contribution is -2.18. The number of carbonyl (C=O) groups is 1. The molecular weight excluding hydrogens is 278 g/mol. The number of ether oxygens (including phenoxy) is 1. The predicted octanol–water partition coefficient (Wildman–Crippen LogP) is 3.34. The number of rotatable bonds is 4. The summed E-state index contributed by atoms with van der Waals surface area (Å²) in [4.78, 5) is 11.4. The van der Waals surface area contributed by atoms with Crippen molar-refractivity contribution in [2.75, 3.05) is 14.2 Å². The molecule has 5 heteroatoms. The highest BCUT2D eigenvalue weighted by Gasteiger charge is 2.20. The molecule has 2 aromatic rings. The Labute approximate surface area is 122 Å². The van der Waals surface area contributed by atoms with Crippen molar-refractivity contribution in [3.05, 3.63) is 58.0 Å². The van der Waals surface area contributed by atoms with Crippen molar-refractivity contribution >= 4 is 17.6 Å². The molecule has 0 aliphatic heterocycles. The van der Waals surface area contributed by atoms with Gasteiger partial charge in [0.1, 0.15) is 5.76 Å². The molecule has 1 aromatic heterocycles. The van der Waals surface area contributed by atoms with Gasteiger partial charge in [-0.3, -0.25) is 0 Å². The summed E-state index contributed by atoms with van der Waals surface area (Å²) in [5.74, 6) is 0.328. The molecule has 106 valence electrons. The van der Waals surface area contributed by atoms with Gasteiger partial charge in [-0.1, -0.05) is 17.7 Å². The summed E-state index contributed by atoms with van der Waals surface area (Å²) < 4.78 is 10.2. The zero-order valence-corrected chi connectivity index (χ0v) is 12.3. The molecule has 2 rings (SSSR count). The highest BCUT2D eigenvalue weighted by molar-refractivity contribution is 6.30. The number of esters is 1. The van der Waals surface area contributed by atoms with Gasteiger partial charge in [-0.15, -0.1) is 0 Å². The molecule has 0 amide bonds. The van der Waals surface area contributed by atoms with Crippen LogP contribution in [-0.2, 0) is 4.74 Å². The van der Waals surface area contributed by atoms with Crippen LogP contribution in [0.2, 0.25) is 5.02 Å². The minimum atomic E-state index is -0.492. The highest BCUT2D eigenvalue weighted by Crippen LogP contribution is 2.28. The Morgan fingerprint density at radius 3 is 2.75 bits per heavy atom. The van der Waals surface area contributed by atoms with Crippen LogP contribution in [0.25, 0.3) is 0 Å². The van der Waals surface area contributed by atoms with Gasteiger partial charge in [0.05, 0.1) is 13.2 Å². The highest BCUT2D eigenvalue weighted by atomic mass is 35.5. The lowest BCUT2D eigenvalue weighted by molar-refractivity contribution is 0.0562. The van der Waals surface area contributed by atoms with E-state index >= 15 is 0 Å². The van der Waals surface area contributed by atoms with Crippen molar-refractivity contribution in [1.82, 2.24) is 5.32 Å². The maximum atomic E-state index is 11.4. The number of aryl methyl sites for hydroxylation is 1. The predicted molar refractivity (Wildman–Crippen MR) is 77.1 cm³/mol. The number of benzene rings is 1. The molecule has 0 spiro atoms. The van der Waals surface area contributed by atoms with Crippen LogP contribution in [0.5, 0.6) is 0 Å². The number of methoxy groups -OCH3 is 1. The molecule has 1 N–H and O–H groups in total. The SMILES string of the molecule is CNC(c1ccc(C(=O)OC)o1)c1cc(Cl)ccc1C. The van der Waals surface area contributed by atoms with E-state index in [1.165, 1.54) is 7.11 Å². The molecule has 0 saturated heterocycles. The van der Waals surface area contributed by atoms with Crippen molar-refractivity contribution in [2.24, 2.45) is 0 Å². The van der Waals surface area contributed by atoms with Gasteiger partial charge in [-0.25, -0.2) is 4.79 Å². The summed E-state index contributed by atoms with van der Waals surface area (Å²) in [6, 6.07) is 8.87. The van der Waals surface area contributed by atoms with Crippen LogP contribution in [0, 0.1) is 6.92 Å². The number of carbonyl (C=O) groups excluding carboxylic acids is 1. The molecule has 1 aromatic carbocycles. The Kier molecular flexibility index (Phi) is 4.47. The van der Waals surface area contributed by atoms with Gasteiger partial charge in [0.25, 0.3) is 0 Å². The number of hydrogen-bond acceptors (Lipinski definition) is 4. The topological polar surface area (TPSA) is 51.5 Å². The number of hydrogen-bond donors (Lipinski definition) is 1. The van der Waals surface area contributed by atoms with Crippen LogP contribution < -0.4 is 5.32 Å². The smallest absolute Gasteiger partial charge is 0.373 e. The van der Waals surface area contributed by atoms with Gasteiger partial charge in [0.2, 0.25) is 5.76 Å². The minimum absolute atomic E-state index is 0.174. The summed E-state index contributed by atoms with van der Waals surface area (Å²) in [6.45, 7) is 2.00. The lowest BCUT2D eigenvalue weighted by Gasteiger charge is -2.17. The first-order valence-corrected chi connectivity index (χ1v) is 6.56. The van der Waals surface area contributed by atoms with E-state index in [0.717, 1.165) is 11.1 Å². The fourth-order valence-electron chi connectivity index (χ4n) is 2.09. The Bertz CT molecular complexity index is 621. The van der Waals surface area contributed by atoms with Crippen molar-refractivity contribution in [3.8, 4) is 0 Å². The molecule has 0 bridgehead atoms. The fourth-order valence-corrected chi connectivity index (χ4v) is 2.27. The van der Waals surface area contributed by atoms with Gasteiger partial charge in [-0.05, 0) is 49.4 Å². The monoisotopic (exact) mass is 293 g/mol. The molecular formula is C15H16ClNO3. The number of furan rings is 1. The minimum Gasteiger partial charge on any atom is -0.463 e. The molecule has 0 saturated carbocycles. The molecule has 1 unspecified atom stereocenters. The van der Waals surface area contributed by atoms with Gasteiger partial charge < -0.3 is 14.5 Å². The average Bonchev–Trinajstić information content (AvgIpc) is 2.92. The Morgan fingerprint density at radius 2 is 2.10 bits per heavy atom. The van der Waals surface area contributed by atoms with Crippen LogP contribution in [-0.4, -0.2) is 20.1 Å². The van der Waals surface area contributed by atoms with E-state index in [1.54, 1.807) is 12.1 Å². The van der Waals surface area contributed by atoms with Gasteiger partial charge >= 0.3 is 5.97 Å². The summed E-state index contributed by atoms with van der Waals surface area (Å²) >= 11 is 6.05. The summed E-state index contributed by atoms with van der Waals surface area (Å²) in [6.07, 6.45) is 0. The molecule has 1 heterocycles.